The summed E-state index contributed by atoms with van der Waals surface area (Å²) in [5, 5.41) is 15.0. The van der Waals surface area contributed by atoms with Crippen LogP contribution in [0.5, 0.6) is 0 Å². The van der Waals surface area contributed by atoms with E-state index in [0.29, 0.717) is 5.02 Å². The monoisotopic (exact) mass is 315 g/mol. The van der Waals surface area contributed by atoms with E-state index < -0.39 is 5.97 Å². The second kappa shape index (κ2) is 5.35. The summed E-state index contributed by atoms with van der Waals surface area (Å²) in [6.45, 7) is 1.85. The van der Waals surface area contributed by atoms with E-state index in [1.807, 2.05) is 49.0 Å². The zero-order chi connectivity index (χ0) is 15.9. The number of fused-ring (bicyclic) bond motifs is 1. The summed E-state index contributed by atoms with van der Waals surface area (Å²) in [6.07, 6.45) is 4.61. The molecule has 5 nitrogen and oxygen atoms in total. The van der Waals surface area contributed by atoms with Crippen LogP contribution >= 0.6 is 11.6 Å². The lowest BCUT2D eigenvalue weighted by molar-refractivity contribution is -0.131. The molecule has 112 valence electrons. The maximum Gasteiger partial charge on any atom is 0.328 e. The largest absolute Gasteiger partial charge is 0.478 e. The number of aromatic nitrogens is 3. The molecule has 0 saturated carbocycles. The van der Waals surface area contributed by atoms with E-state index >= 15 is 0 Å². The maximum atomic E-state index is 10.8. The Bertz CT molecular complexity index is 906. The minimum atomic E-state index is -0.991. The summed E-state index contributed by atoms with van der Waals surface area (Å²) in [5.41, 5.74) is 2.47. The van der Waals surface area contributed by atoms with Crippen molar-refractivity contribution in [3.8, 4) is 5.82 Å². The van der Waals surface area contributed by atoms with Gasteiger partial charge < -0.3 is 9.67 Å². The van der Waals surface area contributed by atoms with Crippen LogP contribution in [-0.2, 0) is 11.8 Å². The molecule has 1 N–H and O–H groups in total. The Morgan fingerprint density at radius 2 is 2.14 bits per heavy atom. The van der Waals surface area contributed by atoms with Gasteiger partial charge in [-0.15, -0.1) is 0 Å². The van der Waals surface area contributed by atoms with Gasteiger partial charge in [-0.05, 0) is 31.2 Å². The van der Waals surface area contributed by atoms with Gasteiger partial charge in [-0.1, -0.05) is 17.7 Å². The number of aliphatic carboxylic acids is 1. The molecule has 0 atom stereocenters. The normalized spacial score (nSPS) is 11.6. The van der Waals surface area contributed by atoms with E-state index in [9.17, 15) is 4.79 Å². The Labute approximate surface area is 132 Å². The van der Waals surface area contributed by atoms with E-state index in [1.165, 1.54) is 0 Å². The number of halogens is 1. The van der Waals surface area contributed by atoms with Crippen molar-refractivity contribution in [3.05, 3.63) is 52.8 Å². The van der Waals surface area contributed by atoms with Gasteiger partial charge in [0.25, 0.3) is 0 Å². The Morgan fingerprint density at radius 3 is 2.86 bits per heavy atom. The third kappa shape index (κ3) is 2.40. The first-order valence-electron chi connectivity index (χ1n) is 6.69. The van der Waals surface area contributed by atoms with E-state index in [2.05, 4.69) is 5.10 Å². The number of hydrogen-bond acceptors (Lipinski definition) is 2. The molecule has 0 aliphatic rings. The highest BCUT2D eigenvalue weighted by Crippen LogP contribution is 2.27. The van der Waals surface area contributed by atoms with Gasteiger partial charge in [0.15, 0.2) is 0 Å². The topological polar surface area (TPSA) is 60.0 Å². The molecule has 0 unspecified atom stereocenters. The van der Waals surface area contributed by atoms with Crippen LogP contribution in [-0.4, -0.2) is 25.4 Å². The molecular formula is C16H14ClN3O2. The Kier molecular flexibility index (Phi) is 3.50. The number of rotatable bonds is 3. The summed E-state index contributed by atoms with van der Waals surface area (Å²) in [6, 6.07) is 7.65. The van der Waals surface area contributed by atoms with Gasteiger partial charge in [-0.25, -0.2) is 4.79 Å². The fourth-order valence-electron chi connectivity index (χ4n) is 2.58. The van der Waals surface area contributed by atoms with Crippen molar-refractivity contribution < 1.29 is 9.90 Å². The third-order valence-corrected chi connectivity index (χ3v) is 3.75. The van der Waals surface area contributed by atoms with Gasteiger partial charge in [-0.3, -0.25) is 4.68 Å². The molecule has 0 amide bonds. The Morgan fingerprint density at radius 1 is 1.36 bits per heavy atom. The van der Waals surface area contributed by atoms with Crippen molar-refractivity contribution in [2.75, 3.05) is 0 Å². The fourth-order valence-corrected chi connectivity index (χ4v) is 2.75. The van der Waals surface area contributed by atoms with Crippen molar-refractivity contribution in [1.29, 1.82) is 0 Å². The molecule has 3 rings (SSSR count). The van der Waals surface area contributed by atoms with Crippen LogP contribution in [0.3, 0.4) is 0 Å². The van der Waals surface area contributed by atoms with Crippen LogP contribution in [0.4, 0.5) is 0 Å². The molecule has 3 aromatic rings. The standard InChI is InChI=1S/C16H14ClN3O2/c1-10-13(5-6-15(21)22)16(19(2)18-10)20-8-7-11-3-4-12(17)9-14(11)20/h3-9H,1-2H3,(H,21,22). The summed E-state index contributed by atoms with van der Waals surface area (Å²) >= 11 is 6.10. The summed E-state index contributed by atoms with van der Waals surface area (Å²) < 4.78 is 3.69. The molecule has 22 heavy (non-hydrogen) atoms. The second-order valence-electron chi connectivity index (χ2n) is 5.01. The Hall–Kier alpha value is -2.53. The van der Waals surface area contributed by atoms with E-state index in [1.54, 1.807) is 10.8 Å². The first kappa shape index (κ1) is 14.4. The minimum Gasteiger partial charge on any atom is -0.478 e. The van der Waals surface area contributed by atoms with E-state index in [0.717, 1.165) is 34.1 Å². The average molecular weight is 316 g/mol. The number of aryl methyl sites for hydroxylation is 2. The SMILES string of the molecule is Cc1nn(C)c(-n2ccc3ccc(Cl)cc32)c1C=CC(=O)O. The van der Waals surface area contributed by atoms with Crippen LogP contribution in [0, 0.1) is 6.92 Å². The highest BCUT2D eigenvalue weighted by Gasteiger charge is 2.15. The summed E-state index contributed by atoms with van der Waals surface area (Å²) in [4.78, 5) is 10.8. The zero-order valence-electron chi connectivity index (χ0n) is 12.1. The number of carboxylic acid groups (broad SMARTS) is 1. The summed E-state index contributed by atoms with van der Waals surface area (Å²) in [5.74, 6) is -0.193. The number of carbonyl (C=O) groups is 1. The highest BCUT2D eigenvalue weighted by atomic mass is 35.5. The van der Waals surface area contributed by atoms with Crippen LogP contribution in [0.15, 0.2) is 36.5 Å². The molecule has 6 heteroatoms. The maximum absolute atomic E-state index is 10.8. The number of nitrogens with zero attached hydrogens (tertiary/aromatic N) is 3. The first-order valence-corrected chi connectivity index (χ1v) is 7.07. The molecule has 0 saturated heterocycles. The van der Waals surface area contributed by atoms with Gasteiger partial charge in [0.1, 0.15) is 5.82 Å². The quantitative estimate of drug-likeness (QED) is 0.753. The molecule has 0 aliphatic heterocycles. The lowest BCUT2D eigenvalue weighted by Gasteiger charge is -2.08. The summed E-state index contributed by atoms with van der Waals surface area (Å²) in [7, 11) is 1.83. The van der Waals surface area contributed by atoms with E-state index in [4.69, 9.17) is 16.7 Å². The van der Waals surface area contributed by atoms with Crippen LogP contribution in [0.2, 0.25) is 5.02 Å². The van der Waals surface area contributed by atoms with Gasteiger partial charge in [0.2, 0.25) is 0 Å². The van der Waals surface area contributed by atoms with Gasteiger partial charge in [0, 0.05) is 35.3 Å². The van der Waals surface area contributed by atoms with Gasteiger partial charge in [0.05, 0.1) is 11.2 Å². The minimum absolute atomic E-state index is 0.647. The predicted molar refractivity (Wildman–Crippen MR) is 86.5 cm³/mol. The first-order chi connectivity index (χ1) is 10.5. The number of hydrogen-bond donors (Lipinski definition) is 1. The molecule has 1 aromatic carbocycles. The van der Waals surface area contributed by atoms with Crippen molar-refractivity contribution in [2.24, 2.45) is 7.05 Å². The molecule has 0 bridgehead atoms. The highest BCUT2D eigenvalue weighted by molar-refractivity contribution is 6.31. The van der Waals surface area contributed by atoms with Crippen molar-refractivity contribution in [2.45, 2.75) is 6.92 Å². The predicted octanol–water partition coefficient (Wildman–Crippen LogP) is 3.42. The molecule has 2 aromatic heterocycles. The van der Waals surface area contributed by atoms with Gasteiger partial charge >= 0.3 is 5.97 Å². The van der Waals surface area contributed by atoms with Crippen LogP contribution < -0.4 is 0 Å². The van der Waals surface area contributed by atoms with Crippen LogP contribution in [0.1, 0.15) is 11.3 Å². The molecule has 0 fully saturated rings. The molecule has 0 spiro atoms. The zero-order valence-corrected chi connectivity index (χ0v) is 12.9. The van der Waals surface area contributed by atoms with Crippen molar-refractivity contribution in [1.82, 2.24) is 14.3 Å². The van der Waals surface area contributed by atoms with Crippen molar-refractivity contribution in [3.63, 3.8) is 0 Å². The average Bonchev–Trinajstić information content (AvgIpc) is 2.96. The van der Waals surface area contributed by atoms with Crippen molar-refractivity contribution >= 4 is 34.5 Å². The number of benzene rings is 1. The smallest absolute Gasteiger partial charge is 0.328 e. The Balaban J connectivity index is 2.26. The van der Waals surface area contributed by atoms with Crippen LogP contribution in [0.25, 0.3) is 22.8 Å². The molecule has 0 radical (unpaired) electrons. The molecule has 2 heterocycles. The molecular weight excluding hydrogens is 302 g/mol. The van der Waals surface area contributed by atoms with E-state index in [-0.39, 0.29) is 0 Å². The van der Waals surface area contributed by atoms with Gasteiger partial charge in [-0.2, -0.15) is 5.10 Å². The lowest BCUT2D eigenvalue weighted by Crippen LogP contribution is -2.03. The molecule has 0 aliphatic carbocycles. The lowest BCUT2D eigenvalue weighted by atomic mass is 10.2. The fraction of sp³-hybridized carbons (Fsp3) is 0.125. The second-order valence-corrected chi connectivity index (χ2v) is 5.44. The number of carboxylic acids is 1. The third-order valence-electron chi connectivity index (χ3n) is 3.51.